The van der Waals surface area contributed by atoms with Crippen LogP contribution in [0.4, 0.5) is 5.69 Å². The molecule has 6 nitrogen and oxygen atoms in total. The number of fused-ring (bicyclic) bond motifs is 1. The van der Waals surface area contributed by atoms with Crippen LogP contribution in [0.5, 0.6) is 11.5 Å². The van der Waals surface area contributed by atoms with Gasteiger partial charge in [0.15, 0.2) is 0 Å². The fourth-order valence-corrected chi connectivity index (χ4v) is 3.07. The van der Waals surface area contributed by atoms with Crippen LogP contribution in [0.2, 0.25) is 0 Å². The van der Waals surface area contributed by atoms with Gasteiger partial charge in [0.05, 0.1) is 18.7 Å². The zero-order valence-corrected chi connectivity index (χ0v) is 17.5. The molecule has 3 aromatic carbocycles. The number of ether oxygens (including phenoxy) is 2. The number of carbonyl (C=O) groups is 2. The summed E-state index contributed by atoms with van der Waals surface area (Å²) in [6.07, 6.45) is 0. The summed E-state index contributed by atoms with van der Waals surface area (Å²) in [7, 11) is 0. The Bertz CT molecular complexity index is 1140. The lowest BCUT2D eigenvalue weighted by molar-refractivity contribution is -0.114. The fourth-order valence-electron chi connectivity index (χ4n) is 3.07. The number of hydrogen-bond acceptors (Lipinski definition) is 4. The van der Waals surface area contributed by atoms with Crippen molar-refractivity contribution in [2.75, 3.05) is 25.1 Å². The van der Waals surface area contributed by atoms with Gasteiger partial charge in [-0.3, -0.25) is 9.59 Å². The van der Waals surface area contributed by atoms with E-state index in [-0.39, 0.29) is 25.0 Å². The van der Waals surface area contributed by atoms with Crippen LogP contribution in [0.3, 0.4) is 0 Å². The topological polar surface area (TPSA) is 76.7 Å². The zero-order valence-electron chi connectivity index (χ0n) is 17.5. The minimum Gasteiger partial charge on any atom is -0.493 e. The maximum Gasteiger partial charge on any atom is 0.256 e. The molecule has 6 heteroatoms. The van der Waals surface area contributed by atoms with E-state index in [0.29, 0.717) is 29.4 Å². The number of carbonyl (C=O) groups excluding carboxylic acids is 2. The van der Waals surface area contributed by atoms with Crippen molar-refractivity contribution in [1.82, 2.24) is 5.32 Å². The van der Waals surface area contributed by atoms with E-state index in [1.165, 1.54) is 6.92 Å². The standard InChI is InChI=1S/C25H24N2O4/c1-3-30-23-14-13-19-9-4-5-12-22(19)24(23)25(29)26-15-6-7-16-31-21-11-8-10-20(17-21)27-18(2)28/h4-5,8-14,17H,3,15-16H2,1-2H3,(H,26,29)(H,27,28). The van der Waals surface area contributed by atoms with E-state index in [0.717, 1.165) is 10.8 Å². The molecule has 0 saturated carbocycles. The number of rotatable bonds is 7. The van der Waals surface area contributed by atoms with Gasteiger partial charge in [0, 0.05) is 18.7 Å². The average Bonchev–Trinajstić information content (AvgIpc) is 2.76. The van der Waals surface area contributed by atoms with Crippen LogP contribution >= 0.6 is 0 Å². The van der Waals surface area contributed by atoms with Crippen molar-refractivity contribution in [3.63, 3.8) is 0 Å². The Morgan fingerprint density at radius 1 is 0.968 bits per heavy atom. The second-order valence-corrected chi connectivity index (χ2v) is 6.63. The highest BCUT2D eigenvalue weighted by Crippen LogP contribution is 2.28. The third-order valence-electron chi connectivity index (χ3n) is 4.35. The first-order valence-electron chi connectivity index (χ1n) is 9.97. The molecule has 0 unspecified atom stereocenters. The molecule has 158 valence electrons. The van der Waals surface area contributed by atoms with Crippen molar-refractivity contribution in [3.8, 4) is 23.3 Å². The summed E-state index contributed by atoms with van der Waals surface area (Å²) in [4.78, 5) is 23.9. The van der Waals surface area contributed by atoms with Crippen LogP contribution in [0.15, 0.2) is 60.7 Å². The van der Waals surface area contributed by atoms with Crippen LogP contribution in [-0.2, 0) is 4.79 Å². The molecule has 0 fully saturated rings. The van der Waals surface area contributed by atoms with Gasteiger partial charge in [-0.15, -0.1) is 0 Å². The molecule has 2 N–H and O–H groups in total. The predicted molar refractivity (Wildman–Crippen MR) is 121 cm³/mol. The largest absolute Gasteiger partial charge is 0.493 e. The van der Waals surface area contributed by atoms with Crippen LogP contribution in [0, 0.1) is 11.8 Å². The Kier molecular flexibility index (Phi) is 7.50. The van der Waals surface area contributed by atoms with Gasteiger partial charge in [-0.2, -0.15) is 0 Å². The molecule has 2 amide bonds. The van der Waals surface area contributed by atoms with Crippen molar-refractivity contribution in [2.45, 2.75) is 13.8 Å². The van der Waals surface area contributed by atoms with Gasteiger partial charge in [-0.05, 0) is 35.9 Å². The summed E-state index contributed by atoms with van der Waals surface area (Å²) >= 11 is 0. The molecular weight excluding hydrogens is 392 g/mol. The van der Waals surface area contributed by atoms with Gasteiger partial charge in [-0.1, -0.05) is 48.2 Å². The molecule has 0 aliphatic heterocycles. The monoisotopic (exact) mass is 416 g/mol. The summed E-state index contributed by atoms with van der Waals surface area (Å²) < 4.78 is 11.2. The van der Waals surface area contributed by atoms with Crippen molar-refractivity contribution >= 4 is 28.3 Å². The predicted octanol–water partition coefficient (Wildman–Crippen LogP) is 4.01. The number of nitrogens with one attached hydrogen (secondary N) is 2. The van der Waals surface area contributed by atoms with Crippen LogP contribution in [-0.4, -0.2) is 31.6 Å². The van der Waals surface area contributed by atoms with Gasteiger partial charge >= 0.3 is 0 Å². The maximum atomic E-state index is 12.8. The first-order chi connectivity index (χ1) is 15.1. The van der Waals surface area contributed by atoms with E-state index in [1.54, 1.807) is 24.3 Å². The van der Waals surface area contributed by atoms with Gasteiger partial charge in [-0.25, -0.2) is 0 Å². The van der Waals surface area contributed by atoms with Crippen molar-refractivity contribution in [3.05, 3.63) is 66.2 Å². The van der Waals surface area contributed by atoms with Crippen molar-refractivity contribution in [1.29, 1.82) is 0 Å². The highest BCUT2D eigenvalue weighted by atomic mass is 16.5. The Hall–Kier alpha value is -3.98. The second-order valence-electron chi connectivity index (χ2n) is 6.63. The minimum atomic E-state index is -0.238. The summed E-state index contributed by atoms with van der Waals surface area (Å²) in [5.41, 5.74) is 1.16. The third-order valence-corrected chi connectivity index (χ3v) is 4.35. The summed E-state index contributed by atoms with van der Waals surface area (Å²) in [5.74, 6) is 6.52. The number of amides is 2. The molecule has 0 atom stereocenters. The van der Waals surface area contributed by atoms with Crippen molar-refractivity contribution < 1.29 is 19.1 Å². The van der Waals surface area contributed by atoms with Crippen LogP contribution < -0.4 is 20.1 Å². The van der Waals surface area contributed by atoms with Gasteiger partial charge in [0.1, 0.15) is 18.1 Å². The molecule has 3 aromatic rings. The molecule has 3 rings (SSSR count). The maximum absolute atomic E-state index is 12.8. The van der Waals surface area contributed by atoms with Crippen LogP contribution in [0.25, 0.3) is 10.8 Å². The number of anilines is 1. The summed E-state index contributed by atoms with van der Waals surface area (Å²) in [6.45, 7) is 4.15. The zero-order chi connectivity index (χ0) is 22.1. The summed E-state index contributed by atoms with van der Waals surface area (Å²) in [5, 5.41) is 7.33. The third kappa shape index (κ3) is 6.00. The lowest BCUT2D eigenvalue weighted by atomic mass is 10.0. The molecule has 0 aliphatic carbocycles. The Morgan fingerprint density at radius 3 is 2.61 bits per heavy atom. The van der Waals surface area contributed by atoms with Crippen LogP contribution in [0.1, 0.15) is 24.2 Å². The lowest BCUT2D eigenvalue weighted by Crippen LogP contribution is -2.24. The molecule has 0 bridgehead atoms. The van der Waals surface area contributed by atoms with E-state index in [9.17, 15) is 9.59 Å². The van der Waals surface area contributed by atoms with Crippen molar-refractivity contribution in [2.24, 2.45) is 0 Å². The van der Waals surface area contributed by atoms with Gasteiger partial charge < -0.3 is 20.1 Å². The van der Waals surface area contributed by atoms with E-state index in [4.69, 9.17) is 9.47 Å². The highest BCUT2D eigenvalue weighted by Gasteiger charge is 2.15. The van der Waals surface area contributed by atoms with E-state index >= 15 is 0 Å². The normalized spacial score (nSPS) is 10.0. The number of benzene rings is 3. The highest BCUT2D eigenvalue weighted by molar-refractivity contribution is 6.09. The Balaban J connectivity index is 1.59. The fraction of sp³-hybridized carbons (Fsp3) is 0.200. The molecule has 31 heavy (non-hydrogen) atoms. The smallest absolute Gasteiger partial charge is 0.256 e. The molecule has 0 aliphatic rings. The molecule has 0 radical (unpaired) electrons. The molecule has 0 heterocycles. The SMILES string of the molecule is CCOc1ccc2ccccc2c1C(=O)NCC#CCOc1cccc(NC(C)=O)c1. The Labute approximate surface area is 181 Å². The second kappa shape index (κ2) is 10.7. The molecule has 0 saturated heterocycles. The van der Waals surface area contributed by atoms with Gasteiger partial charge in [0.25, 0.3) is 5.91 Å². The average molecular weight is 416 g/mol. The summed E-state index contributed by atoms with van der Waals surface area (Å²) in [6, 6.07) is 18.5. The molecule has 0 aromatic heterocycles. The Morgan fingerprint density at radius 2 is 1.81 bits per heavy atom. The quantitative estimate of drug-likeness (QED) is 0.571. The number of hydrogen-bond donors (Lipinski definition) is 2. The first kappa shape index (κ1) is 21.7. The molecular formula is C25H24N2O4. The first-order valence-corrected chi connectivity index (χ1v) is 9.97. The van der Waals surface area contributed by atoms with E-state index in [1.807, 2.05) is 43.3 Å². The van der Waals surface area contributed by atoms with E-state index < -0.39 is 0 Å². The van der Waals surface area contributed by atoms with E-state index in [2.05, 4.69) is 22.5 Å². The lowest BCUT2D eigenvalue weighted by Gasteiger charge is -2.12. The molecule has 0 spiro atoms. The minimum absolute atomic E-state index is 0.147. The van der Waals surface area contributed by atoms with Gasteiger partial charge in [0.2, 0.25) is 5.91 Å².